The van der Waals surface area contributed by atoms with Crippen LogP contribution >= 0.6 is 27.5 Å². The van der Waals surface area contributed by atoms with Crippen molar-refractivity contribution in [2.24, 2.45) is 4.47 Å². The van der Waals surface area contributed by atoms with Crippen molar-refractivity contribution < 1.29 is 0 Å². The average molecular weight is 289 g/mol. The van der Waals surface area contributed by atoms with Crippen molar-refractivity contribution in [2.45, 2.75) is 0 Å². The molecule has 0 saturated carbocycles. The van der Waals surface area contributed by atoms with Gasteiger partial charge in [0.05, 0.1) is 5.52 Å². The first-order valence-electron chi connectivity index (χ1n) is 3.85. The van der Waals surface area contributed by atoms with Crippen LogP contribution in [-0.2, 0) is 11.1 Å². The van der Waals surface area contributed by atoms with Gasteiger partial charge in [-0.1, -0.05) is 17.7 Å². The molecule has 0 atom stereocenters. The number of nitrogens with zero attached hydrogens (tertiary/aromatic N) is 3. The molecule has 3 nitrogen and oxygen atoms in total. The Hall–Kier alpha value is -0.650. The van der Waals surface area contributed by atoms with E-state index in [-0.39, 0.29) is 0 Å². The van der Waals surface area contributed by atoms with Gasteiger partial charge in [-0.05, 0) is 28.1 Å². The van der Waals surface area contributed by atoms with Gasteiger partial charge < -0.3 is 0 Å². The molecule has 1 aliphatic rings. The van der Waals surface area contributed by atoms with Crippen molar-refractivity contribution in [1.29, 1.82) is 0 Å². The van der Waals surface area contributed by atoms with E-state index in [1.807, 2.05) is 18.2 Å². The Labute approximate surface area is 96.5 Å². The molecule has 0 radical (unpaired) electrons. The summed E-state index contributed by atoms with van der Waals surface area (Å²) in [5, 5.41) is 0. The SMILES string of the molecule is ClC1=S=Nn2c1nc1cccc(Br)c12. The third kappa shape index (κ3) is 1.03. The van der Waals surface area contributed by atoms with Gasteiger partial charge in [0.2, 0.25) is 0 Å². The standard InChI is InChI=1S/C8H3BrClN3S/c9-4-2-1-3-5-6(4)13-8(11-5)7(10)14-12-13/h1-3H. The number of fused-ring (bicyclic) bond motifs is 3. The lowest BCUT2D eigenvalue weighted by molar-refractivity contribution is 0.925. The van der Waals surface area contributed by atoms with Crippen LogP contribution in [0, 0.1) is 0 Å². The van der Waals surface area contributed by atoms with Crippen LogP contribution < -0.4 is 0 Å². The molecular formula is C8H3BrClN3S. The van der Waals surface area contributed by atoms with E-state index in [2.05, 4.69) is 25.4 Å². The highest BCUT2D eigenvalue weighted by Crippen LogP contribution is 2.26. The highest BCUT2D eigenvalue weighted by atomic mass is 79.9. The van der Waals surface area contributed by atoms with Crippen LogP contribution in [0.3, 0.4) is 0 Å². The summed E-state index contributed by atoms with van der Waals surface area (Å²) in [6, 6.07) is 5.84. The molecule has 0 bridgehead atoms. The van der Waals surface area contributed by atoms with Gasteiger partial charge in [0.1, 0.15) is 5.52 Å². The summed E-state index contributed by atoms with van der Waals surface area (Å²) in [6.07, 6.45) is 0. The number of aromatic nitrogens is 2. The summed E-state index contributed by atoms with van der Waals surface area (Å²) in [4.78, 5) is 4.38. The molecule has 14 heavy (non-hydrogen) atoms. The minimum atomic E-state index is 0.619. The number of halogens is 2. The van der Waals surface area contributed by atoms with Crippen LogP contribution in [0.1, 0.15) is 5.82 Å². The zero-order valence-electron chi connectivity index (χ0n) is 6.74. The summed E-state index contributed by atoms with van der Waals surface area (Å²) in [5.74, 6) is 0.721. The highest BCUT2D eigenvalue weighted by Gasteiger charge is 2.18. The largest absolute Gasteiger partial charge is 0.225 e. The highest BCUT2D eigenvalue weighted by molar-refractivity contribution is 9.10. The fourth-order valence-corrected chi connectivity index (χ4v) is 2.66. The van der Waals surface area contributed by atoms with E-state index in [0.29, 0.717) is 4.32 Å². The first-order valence-corrected chi connectivity index (χ1v) is 5.80. The number of hydrogen-bond donors (Lipinski definition) is 0. The molecule has 2 aromatic rings. The molecule has 70 valence electrons. The van der Waals surface area contributed by atoms with Gasteiger partial charge in [-0.25, -0.2) is 4.98 Å². The molecule has 0 N–H and O–H groups in total. The maximum atomic E-state index is 5.95. The van der Waals surface area contributed by atoms with Gasteiger partial charge in [0, 0.05) is 15.6 Å². The molecule has 3 rings (SSSR count). The maximum absolute atomic E-state index is 5.95. The molecule has 0 fully saturated rings. The monoisotopic (exact) mass is 287 g/mol. The third-order valence-corrected chi connectivity index (χ3v) is 3.59. The molecule has 0 unspecified atom stereocenters. The Morgan fingerprint density at radius 1 is 1.43 bits per heavy atom. The predicted molar refractivity (Wildman–Crippen MR) is 62.6 cm³/mol. The molecule has 0 aliphatic carbocycles. The Morgan fingerprint density at radius 3 is 3.14 bits per heavy atom. The van der Waals surface area contributed by atoms with E-state index in [4.69, 9.17) is 11.6 Å². The fraction of sp³-hybridized carbons (Fsp3) is 0. The second-order valence-electron chi connectivity index (χ2n) is 2.80. The lowest BCUT2D eigenvalue weighted by Crippen LogP contribution is -1.94. The van der Waals surface area contributed by atoms with Crippen molar-refractivity contribution >= 4 is 54.0 Å². The number of para-hydroxylation sites is 1. The van der Waals surface area contributed by atoms with E-state index in [1.54, 1.807) is 4.68 Å². The zero-order chi connectivity index (χ0) is 9.71. The molecule has 0 spiro atoms. The van der Waals surface area contributed by atoms with Crippen molar-refractivity contribution in [3.8, 4) is 0 Å². The molecule has 6 heteroatoms. The van der Waals surface area contributed by atoms with Crippen LogP contribution in [0.2, 0.25) is 0 Å². The quantitative estimate of drug-likeness (QED) is 0.541. The van der Waals surface area contributed by atoms with Gasteiger partial charge in [-0.15, -0.1) is 4.47 Å². The average Bonchev–Trinajstić information content (AvgIpc) is 2.68. The zero-order valence-corrected chi connectivity index (χ0v) is 9.90. The van der Waals surface area contributed by atoms with Gasteiger partial charge in [0.15, 0.2) is 10.1 Å². The van der Waals surface area contributed by atoms with Crippen LogP contribution in [0.5, 0.6) is 0 Å². The first kappa shape index (κ1) is 8.64. The van der Waals surface area contributed by atoms with Gasteiger partial charge in [0.25, 0.3) is 0 Å². The van der Waals surface area contributed by atoms with E-state index < -0.39 is 0 Å². The van der Waals surface area contributed by atoms with E-state index in [0.717, 1.165) is 21.3 Å². The minimum Gasteiger partial charge on any atom is -0.225 e. The van der Waals surface area contributed by atoms with Crippen LogP contribution in [0.25, 0.3) is 11.0 Å². The molecule has 0 amide bonds. The van der Waals surface area contributed by atoms with E-state index >= 15 is 0 Å². The van der Waals surface area contributed by atoms with Crippen LogP contribution in [0.15, 0.2) is 27.1 Å². The Bertz CT molecular complexity index is 612. The van der Waals surface area contributed by atoms with Crippen molar-refractivity contribution in [3.05, 3.63) is 28.5 Å². The third-order valence-electron chi connectivity index (χ3n) is 1.98. The smallest absolute Gasteiger partial charge is 0.186 e. The number of hydrogen-bond acceptors (Lipinski definition) is 2. The van der Waals surface area contributed by atoms with Gasteiger partial charge >= 0.3 is 0 Å². The summed E-state index contributed by atoms with van der Waals surface area (Å²) in [6.45, 7) is 0. The summed E-state index contributed by atoms with van der Waals surface area (Å²) in [7, 11) is 0. The van der Waals surface area contributed by atoms with Crippen molar-refractivity contribution in [2.75, 3.05) is 0 Å². The van der Waals surface area contributed by atoms with E-state index in [9.17, 15) is 0 Å². The number of imidazole rings is 1. The predicted octanol–water partition coefficient (Wildman–Crippen LogP) is 2.56. The first-order chi connectivity index (χ1) is 6.77. The normalized spacial score (nSPS) is 14.0. The second kappa shape index (κ2) is 2.92. The minimum absolute atomic E-state index is 0.619. The fourth-order valence-electron chi connectivity index (χ4n) is 1.40. The number of rotatable bonds is 0. The van der Waals surface area contributed by atoms with Gasteiger partial charge in [-0.3, -0.25) is 0 Å². The lowest BCUT2D eigenvalue weighted by Gasteiger charge is -1.95. The summed E-state index contributed by atoms with van der Waals surface area (Å²) >= 11 is 10.7. The maximum Gasteiger partial charge on any atom is 0.186 e. The molecule has 2 heterocycles. The lowest BCUT2D eigenvalue weighted by atomic mass is 10.3. The van der Waals surface area contributed by atoms with Crippen LogP contribution in [-0.4, -0.2) is 14.0 Å². The van der Waals surface area contributed by atoms with Crippen molar-refractivity contribution in [3.63, 3.8) is 0 Å². The summed E-state index contributed by atoms with van der Waals surface area (Å²) < 4.78 is 7.55. The molecule has 0 saturated heterocycles. The number of benzene rings is 1. The Morgan fingerprint density at radius 2 is 2.29 bits per heavy atom. The Balaban J connectivity index is 2.50. The Kier molecular flexibility index (Phi) is 1.80. The van der Waals surface area contributed by atoms with Crippen molar-refractivity contribution in [1.82, 2.24) is 9.66 Å². The summed E-state index contributed by atoms with van der Waals surface area (Å²) in [5.41, 5.74) is 1.86. The van der Waals surface area contributed by atoms with Gasteiger partial charge in [-0.2, -0.15) is 4.68 Å². The molecule has 1 aromatic heterocycles. The van der Waals surface area contributed by atoms with Crippen LogP contribution in [0.4, 0.5) is 0 Å². The molecule has 1 aromatic carbocycles. The second-order valence-corrected chi connectivity index (χ2v) is 5.01. The molecule has 1 aliphatic heterocycles. The molecular weight excluding hydrogens is 286 g/mol. The van der Waals surface area contributed by atoms with E-state index in [1.165, 1.54) is 11.1 Å². The topological polar surface area (TPSA) is 30.2 Å².